The Morgan fingerprint density at radius 1 is 0.808 bits per heavy atom. The third kappa shape index (κ3) is 6.91. The molecule has 3 rings (SSSR count). The Labute approximate surface area is 159 Å². The first-order chi connectivity index (χ1) is 12.8. The van der Waals surface area contributed by atoms with E-state index in [2.05, 4.69) is 84.5 Å². The molecule has 0 aliphatic heterocycles. The Hall–Kier alpha value is -2.29. The first-order valence-corrected chi connectivity index (χ1v) is 9.92. The van der Waals surface area contributed by atoms with Crippen molar-refractivity contribution in [3.63, 3.8) is 0 Å². The van der Waals surface area contributed by atoms with Gasteiger partial charge >= 0.3 is 0 Å². The van der Waals surface area contributed by atoms with E-state index < -0.39 is 0 Å². The molecule has 1 heterocycles. The lowest BCUT2D eigenvalue weighted by atomic mass is 9.39. The number of nitrogens with zero attached hydrogens (tertiary/aromatic N) is 1. The number of aromatic amines is 1. The molecule has 0 saturated carbocycles. The second kappa shape index (κ2) is 12.1. The quantitative estimate of drug-likeness (QED) is 0.458. The van der Waals surface area contributed by atoms with Gasteiger partial charge in [-0.2, -0.15) is 0 Å². The van der Waals surface area contributed by atoms with Crippen LogP contribution in [0.4, 0.5) is 0 Å². The van der Waals surface area contributed by atoms with Gasteiger partial charge in [0.25, 0.3) is 0 Å². The minimum absolute atomic E-state index is 0.535. The monoisotopic (exact) mass is 346 g/mol. The maximum Gasteiger partial charge on any atom is 0.209 e. The molecular weight excluding hydrogens is 315 g/mol. The van der Waals surface area contributed by atoms with Crippen molar-refractivity contribution in [1.29, 1.82) is 0 Å². The SMILES string of the molecule is CCB(c1ccccc1)c1ccccc1.CCCCCCc1cnc[nH]1. The van der Waals surface area contributed by atoms with Crippen LogP contribution in [0.25, 0.3) is 0 Å². The number of imidazole rings is 1. The lowest BCUT2D eigenvalue weighted by molar-refractivity contribution is 0.662. The number of nitrogens with one attached hydrogen (secondary N) is 1. The van der Waals surface area contributed by atoms with E-state index in [1.807, 2.05) is 6.20 Å². The second-order valence-electron chi connectivity index (χ2n) is 6.67. The van der Waals surface area contributed by atoms with E-state index in [9.17, 15) is 0 Å². The van der Waals surface area contributed by atoms with Gasteiger partial charge in [0.2, 0.25) is 6.71 Å². The van der Waals surface area contributed by atoms with E-state index in [0.717, 1.165) is 12.7 Å². The largest absolute Gasteiger partial charge is 0.348 e. The summed E-state index contributed by atoms with van der Waals surface area (Å²) in [4.78, 5) is 7.07. The molecule has 0 spiro atoms. The highest BCUT2D eigenvalue weighted by Gasteiger charge is 2.15. The van der Waals surface area contributed by atoms with Crippen LogP contribution in [0.5, 0.6) is 0 Å². The highest BCUT2D eigenvalue weighted by Crippen LogP contribution is 2.04. The van der Waals surface area contributed by atoms with Gasteiger partial charge in [0.1, 0.15) is 0 Å². The van der Waals surface area contributed by atoms with E-state index >= 15 is 0 Å². The smallest absolute Gasteiger partial charge is 0.209 e. The zero-order valence-electron chi connectivity index (χ0n) is 16.2. The minimum atomic E-state index is 0.535. The van der Waals surface area contributed by atoms with Crippen LogP contribution in [0, 0.1) is 0 Å². The van der Waals surface area contributed by atoms with Crippen LogP contribution >= 0.6 is 0 Å². The highest BCUT2D eigenvalue weighted by molar-refractivity contribution is 6.85. The fraction of sp³-hybridized carbons (Fsp3) is 0.348. The summed E-state index contributed by atoms with van der Waals surface area (Å²) in [5, 5.41) is 0. The fourth-order valence-electron chi connectivity index (χ4n) is 3.20. The number of hydrogen-bond acceptors (Lipinski definition) is 1. The molecule has 0 amide bonds. The molecule has 2 nitrogen and oxygen atoms in total. The van der Waals surface area contributed by atoms with Gasteiger partial charge in [-0.25, -0.2) is 4.98 Å². The third-order valence-corrected chi connectivity index (χ3v) is 4.67. The molecular formula is C23H31BN2. The van der Waals surface area contributed by atoms with Gasteiger partial charge in [-0.1, -0.05) is 111 Å². The van der Waals surface area contributed by atoms with Crippen molar-refractivity contribution in [1.82, 2.24) is 9.97 Å². The fourth-order valence-corrected chi connectivity index (χ4v) is 3.20. The predicted octanol–water partition coefficient (Wildman–Crippen LogP) is 4.85. The zero-order valence-corrected chi connectivity index (χ0v) is 16.2. The van der Waals surface area contributed by atoms with Crippen LogP contribution in [0.1, 0.15) is 45.2 Å². The van der Waals surface area contributed by atoms with E-state index in [4.69, 9.17) is 0 Å². The number of unbranched alkanes of at least 4 members (excludes halogenated alkanes) is 3. The normalized spacial score (nSPS) is 10.1. The summed E-state index contributed by atoms with van der Waals surface area (Å²) in [5.41, 5.74) is 4.08. The van der Waals surface area contributed by atoms with E-state index in [1.54, 1.807) is 6.33 Å². The molecule has 0 aliphatic rings. The molecule has 0 unspecified atom stereocenters. The third-order valence-electron chi connectivity index (χ3n) is 4.67. The topological polar surface area (TPSA) is 28.7 Å². The molecule has 2 aromatic carbocycles. The van der Waals surface area contributed by atoms with Crippen molar-refractivity contribution in [2.45, 2.75) is 52.3 Å². The Balaban J connectivity index is 0.000000197. The molecule has 26 heavy (non-hydrogen) atoms. The summed E-state index contributed by atoms with van der Waals surface area (Å²) in [6.45, 7) is 5.01. The molecule has 3 heteroatoms. The van der Waals surface area contributed by atoms with Crippen LogP contribution in [-0.2, 0) is 6.42 Å². The summed E-state index contributed by atoms with van der Waals surface area (Å²) in [7, 11) is 0. The maximum atomic E-state index is 3.97. The lowest BCUT2D eigenvalue weighted by Gasteiger charge is -2.11. The van der Waals surface area contributed by atoms with E-state index in [-0.39, 0.29) is 0 Å². The predicted molar refractivity (Wildman–Crippen MR) is 115 cm³/mol. The maximum absolute atomic E-state index is 3.97. The summed E-state index contributed by atoms with van der Waals surface area (Å²) in [6, 6.07) is 21.4. The van der Waals surface area contributed by atoms with Gasteiger partial charge in [0.05, 0.1) is 6.33 Å². The van der Waals surface area contributed by atoms with Crippen LogP contribution in [0.3, 0.4) is 0 Å². The van der Waals surface area contributed by atoms with Crippen LogP contribution in [-0.4, -0.2) is 16.7 Å². The van der Waals surface area contributed by atoms with Crippen molar-refractivity contribution in [3.05, 3.63) is 78.9 Å². The molecule has 0 bridgehead atoms. The molecule has 0 saturated heterocycles. The van der Waals surface area contributed by atoms with Crippen molar-refractivity contribution >= 4 is 17.6 Å². The number of benzene rings is 2. The summed E-state index contributed by atoms with van der Waals surface area (Å²) >= 11 is 0. The van der Waals surface area contributed by atoms with Gasteiger partial charge in [-0.15, -0.1) is 0 Å². The summed E-state index contributed by atoms with van der Waals surface area (Å²) < 4.78 is 0. The minimum Gasteiger partial charge on any atom is -0.348 e. The Morgan fingerprint density at radius 3 is 1.88 bits per heavy atom. The number of rotatable bonds is 8. The van der Waals surface area contributed by atoms with E-state index in [0.29, 0.717) is 6.71 Å². The Kier molecular flexibility index (Phi) is 9.35. The molecule has 0 radical (unpaired) electrons. The number of aryl methyl sites for hydroxylation is 1. The first kappa shape index (κ1) is 20.0. The lowest BCUT2D eigenvalue weighted by Crippen LogP contribution is -2.41. The van der Waals surface area contributed by atoms with Gasteiger partial charge in [-0.3, -0.25) is 0 Å². The summed E-state index contributed by atoms with van der Waals surface area (Å²) in [6.07, 6.45) is 11.2. The molecule has 1 N–H and O–H groups in total. The second-order valence-corrected chi connectivity index (χ2v) is 6.67. The molecule has 0 fully saturated rings. The Bertz CT molecular complexity index is 641. The highest BCUT2D eigenvalue weighted by atomic mass is 14.9. The van der Waals surface area contributed by atoms with Gasteiger partial charge in [-0.05, 0) is 12.8 Å². The molecule has 3 aromatic rings. The summed E-state index contributed by atoms with van der Waals surface area (Å²) in [5.74, 6) is 0. The molecule has 136 valence electrons. The average molecular weight is 346 g/mol. The number of hydrogen-bond donors (Lipinski definition) is 1. The van der Waals surface area contributed by atoms with Gasteiger partial charge in [0.15, 0.2) is 0 Å². The first-order valence-electron chi connectivity index (χ1n) is 9.92. The molecule has 0 aliphatic carbocycles. The zero-order chi connectivity index (χ0) is 18.5. The average Bonchev–Trinajstić information content (AvgIpc) is 3.22. The van der Waals surface area contributed by atoms with Crippen LogP contribution in [0.2, 0.25) is 6.32 Å². The Morgan fingerprint density at radius 2 is 1.42 bits per heavy atom. The van der Waals surface area contributed by atoms with Crippen molar-refractivity contribution in [2.24, 2.45) is 0 Å². The van der Waals surface area contributed by atoms with Crippen molar-refractivity contribution in [3.8, 4) is 0 Å². The standard InChI is InChI=1S/C14H15B.C9H16N2/c1-2-15(13-9-5-3-6-10-13)14-11-7-4-8-12-14;1-2-3-4-5-6-9-7-10-8-11-9/h3-12H,2H2,1H3;7-8H,2-6H2,1H3,(H,10,11). The van der Waals surface area contributed by atoms with Crippen LogP contribution < -0.4 is 10.9 Å². The van der Waals surface area contributed by atoms with E-state index in [1.165, 1.54) is 42.3 Å². The number of aromatic nitrogens is 2. The van der Waals surface area contributed by atoms with Crippen molar-refractivity contribution in [2.75, 3.05) is 0 Å². The van der Waals surface area contributed by atoms with Crippen LogP contribution in [0.15, 0.2) is 73.2 Å². The molecule has 0 atom stereocenters. The van der Waals surface area contributed by atoms with Gasteiger partial charge in [0, 0.05) is 11.9 Å². The molecule has 1 aromatic heterocycles. The van der Waals surface area contributed by atoms with Crippen molar-refractivity contribution < 1.29 is 0 Å². The van der Waals surface area contributed by atoms with Gasteiger partial charge < -0.3 is 4.98 Å². The number of H-pyrrole nitrogens is 1.